The van der Waals surface area contributed by atoms with Gasteiger partial charge in [-0.25, -0.2) is 5.43 Å². The average molecular weight is 426 g/mol. The summed E-state index contributed by atoms with van der Waals surface area (Å²) in [7, 11) is 0. The fourth-order valence-electron chi connectivity index (χ4n) is 3.04. The Morgan fingerprint density at radius 3 is 2.50 bits per heavy atom. The molecular formula is C23H27N3O3S. The van der Waals surface area contributed by atoms with Crippen LogP contribution in [0.25, 0.3) is 0 Å². The summed E-state index contributed by atoms with van der Waals surface area (Å²) in [6, 6.07) is 17.2. The summed E-state index contributed by atoms with van der Waals surface area (Å²) < 4.78 is 5.59. The Kier molecular flexibility index (Phi) is 8.78. The summed E-state index contributed by atoms with van der Waals surface area (Å²) in [4.78, 5) is 27.0. The van der Waals surface area contributed by atoms with Gasteiger partial charge in [-0.3, -0.25) is 9.59 Å². The number of hydrazone groups is 1. The third-order valence-electron chi connectivity index (χ3n) is 4.70. The van der Waals surface area contributed by atoms with E-state index in [1.54, 1.807) is 30.1 Å². The molecule has 1 fully saturated rings. The smallest absolute Gasteiger partial charge is 0.260 e. The fraction of sp³-hybridized carbons (Fsp3) is 0.348. The van der Waals surface area contributed by atoms with E-state index in [2.05, 4.69) is 10.5 Å². The molecule has 0 unspecified atom stereocenters. The molecule has 2 amide bonds. The highest BCUT2D eigenvalue weighted by molar-refractivity contribution is 7.99. The van der Waals surface area contributed by atoms with E-state index in [0.29, 0.717) is 17.9 Å². The maximum Gasteiger partial charge on any atom is 0.260 e. The molecule has 0 spiro atoms. The lowest BCUT2D eigenvalue weighted by Crippen LogP contribution is -2.38. The number of amides is 2. The number of nitrogens with one attached hydrogen (secondary N) is 1. The van der Waals surface area contributed by atoms with E-state index in [1.165, 1.54) is 6.42 Å². The first-order valence-corrected chi connectivity index (χ1v) is 11.2. The van der Waals surface area contributed by atoms with Crippen molar-refractivity contribution in [3.63, 3.8) is 0 Å². The number of likely N-dealkylation sites (tertiary alicyclic amines) is 1. The van der Waals surface area contributed by atoms with E-state index >= 15 is 0 Å². The minimum atomic E-state index is -0.120. The zero-order chi connectivity index (χ0) is 21.0. The highest BCUT2D eigenvalue weighted by Crippen LogP contribution is 2.17. The number of ether oxygens (including phenoxy) is 1. The molecule has 0 aliphatic carbocycles. The van der Waals surface area contributed by atoms with E-state index in [-0.39, 0.29) is 18.4 Å². The summed E-state index contributed by atoms with van der Waals surface area (Å²) in [5.74, 6) is 1.26. The standard InChI is InChI=1S/C23H27N3O3S/c27-22(13-16-30-21-7-3-1-4-8-21)25-24-17-19-9-11-20(12-10-19)29-18-23(28)26-14-5-2-6-15-26/h1,3-4,7-12,17H,2,5-6,13-16,18H2,(H,25,27)/b24-17-. The van der Waals surface area contributed by atoms with Gasteiger partial charge in [0, 0.05) is 30.2 Å². The molecule has 0 bridgehead atoms. The van der Waals surface area contributed by atoms with E-state index in [0.717, 1.165) is 36.4 Å². The van der Waals surface area contributed by atoms with Gasteiger partial charge in [0.05, 0.1) is 6.21 Å². The van der Waals surface area contributed by atoms with Gasteiger partial charge >= 0.3 is 0 Å². The van der Waals surface area contributed by atoms with E-state index in [4.69, 9.17) is 4.74 Å². The number of piperidine rings is 1. The van der Waals surface area contributed by atoms with E-state index in [9.17, 15) is 9.59 Å². The molecule has 30 heavy (non-hydrogen) atoms. The first-order valence-electron chi connectivity index (χ1n) is 10.2. The van der Waals surface area contributed by atoms with Gasteiger partial charge in [0.2, 0.25) is 5.91 Å². The van der Waals surface area contributed by atoms with Crippen LogP contribution in [0.1, 0.15) is 31.2 Å². The van der Waals surface area contributed by atoms with Gasteiger partial charge in [-0.1, -0.05) is 18.2 Å². The van der Waals surface area contributed by atoms with Crippen LogP contribution < -0.4 is 10.2 Å². The summed E-state index contributed by atoms with van der Waals surface area (Å²) >= 11 is 1.64. The molecule has 3 rings (SSSR count). The predicted molar refractivity (Wildman–Crippen MR) is 120 cm³/mol. The van der Waals surface area contributed by atoms with E-state index in [1.807, 2.05) is 47.4 Å². The van der Waals surface area contributed by atoms with Gasteiger partial charge < -0.3 is 9.64 Å². The first kappa shape index (κ1) is 21.9. The monoisotopic (exact) mass is 425 g/mol. The van der Waals surface area contributed by atoms with Crippen LogP contribution in [0.4, 0.5) is 0 Å². The summed E-state index contributed by atoms with van der Waals surface area (Å²) in [5, 5.41) is 4.00. The lowest BCUT2D eigenvalue weighted by atomic mass is 10.1. The molecular weight excluding hydrogens is 398 g/mol. The second kappa shape index (κ2) is 12.0. The number of carbonyl (C=O) groups is 2. The van der Waals surface area contributed by atoms with Crippen LogP contribution in [0.5, 0.6) is 5.75 Å². The van der Waals surface area contributed by atoms with Crippen LogP contribution in [0.2, 0.25) is 0 Å². The van der Waals surface area contributed by atoms with Gasteiger partial charge in [-0.15, -0.1) is 11.8 Å². The Morgan fingerprint density at radius 1 is 1.03 bits per heavy atom. The second-order valence-corrected chi connectivity index (χ2v) is 8.17. The number of hydrogen-bond donors (Lipinski definition) is 1. The number of thioether (sulfide) groups is 1. The van der Waals surface area contributed by atoms with Crippen molar-refractivity contribution >= 4 is 29.8 Å². The number of rotatable bonds is 9. The van der Waals surface area contributed by atoms with Crippen LogP contribution in [0, 0.1) is 0 Å². The SMILES string of the molecule is O=C(CCSc1ccccc1)N/N=C\c1ccc(OCC(=O)N2CCCCC2)cc1. The fourth-order valence-corrected chi connectivity index (χ4v) is 3.92. The lowest BCUT2D eigenvalue weighted by molar-refractivity contribution is -0.134. The molecule has 6 nitrogen and oxygen atoms in total. The van der Waals surface area contributed by atoms with Gasteiger partial charge in [0.1, 0.15) is 5.75 Å². The normalized spacial score (nSPS) is 13.9. The molecule has 1 aliphatic rings. The van der Waals surface area contributed by atoms with Crippen molar-refractivity contribution in [2.75, 3.05) is 25.4 Å². The van der Waals surface area contributed by atoms with Crippen molar-refractivity contribution in [1.82, 2.24) is 10.3 Å². The number of nitrogens with zero attached hydrogens (tertiary/aromatic N) is 2. The number of carbonyl (C=O) groups excluding carboxylic acids is 2. The molecule has 0 aromatic heterocycles. The molecule has 158 valence electrons. The maximum absolute atomic E-state index is 12.1. The Hall–Kier alpha value is -2.80. The number of benzene rings is 2. The predicted octanol–water partition coefficient (Wildman–Crippen LogP) is 3.71. The summed E-state index contributed by atoms with van der Waals surface area (Å²) in [6.45, 7) is 1.72. The highest BCUT2D eigenvalue weighted by Gasteiger charge is 2.16. The largest absolute Gasteiger partial charge is 0.484 e. The van der Waals surface area contributed by atoms with Crippen molar-refractivity contribution in [3.8, 4) is 5.75 Å². The van der Waals surface area contributed by atoms with Crippen molar-refractivity contribution in [2.45, 2.75) is 30.6 Å². The minimum Gasteiger partial charge on any atom is -0.484 e. The molecule has 1 saturated heterocycles. The molecule has 2 aromatic carbocycles. The summed E-state index contributed by atoms with van der Waals surface area (Å²) in [6.07, 6.45) is 5.32. The maximum atomic E-state index is 12.1. The van der Waals surface area contributed by atoms with Crippen LogP contribution in [0.3, 0.4) is 0 Å². The minimum absolute atomic E-state index is 0.0356. The Morgan fingerprint density at radius 2 is 1.77 bits per heavy atom. The Bertz CT molecular complexity index is 835. The summed E-state index contributed by atoms with van der Waals surface area (Å²) in [5.41, 5.74) is 3.38. The van der Waals surface area contributed by atoms with Gasteiger partial charge in [0.15, 0.2) is 6.61 Å². The molecule has 1 heterocycles. The molecule has 0 atom stereocenters. The second-order valence-electron chi connectivity index (χ2n) is 7.00. The van der Waals surface area contributed by atoms with Crippen molar-refractivity contribution in [2.24, 2.45) is 5.10 Å². The lowest BCUT2D eigenvalue weighted by Gasteiger charge is -2.26. The zero-order valence-electron chi connectivity index (χ0n) is 17.0. The molecule has 7 heteroatoms. The average Bonchev–Trinajstić information content (AvgIpc) is 2.79. The van der Waals surface area contributed by atoms with E-state index < -0.39 is 0 Å². The van der Waals surface area contributed by atoms with Crippen LogP contribution in [-0.4, -0.2) is 48.4 Å². The van der Waals surface area contributed by atoms with Crippen molar-refractivity contribution < 1.29 is 14.3 Å². The van der Waals surface area contributed by atoms with Crippen molar-refractivity contribution in [1.29, 1.82) is 0 Å². The Labute approximate surface area is 181 Å². The van der Waals surface area contributed by atoms with Crippen LogP contribution in [-0.2, 0) is 9.59 Å². The third kappa shape index (κ3) is 7.55. The number of hydrogen-bond acceptors (Lipinski definition) is 5. The van der Waals surface area contributed by atoms with Gasteiger partial charge in [0.25, 0.3) is 5.91 Å². The molecule has 1 N–H and O–H groups in total. The van der Waals surface area contributed by atoms with Crippen LogP contribution >= 0.6 is 11.8 Å². The third-order valence-corrected chi connectivity index (χ3v) is 5.71. The topological polar surface area (TPSA) is 71.0 Å². The van der Waals surface area contributed by atoms with Crippen LogP contribution in [0.15, 0.2) is 64.6 Å². The Balaban J connectivity index is 1.34. The van der Waals surface area contributed by atoms with Crippen molar-refractivity contribution in [3.05, 3.63) is 60.2 Å². The zero-order valence-corrected chi connectivity index (χ0v) is 17.8. The molecule has 0 radical (unpaired) electrons. The molecule has 1 aliphatic heterocycles. The van der Waals surface area contributed by atoms with Gasteiger partial charge in [-0.2, -0.15) is 5.10 Å². The quantitative estimate of drug-likeness (QED) is 0.378. The highest BCUT2D eigenvalue weighted by atomic mass is 32.2. The first-order chi connectivity index (χ1) is 14.7. The van der Waals surface area contributed by atoms with Gasteiger partial charge in [-0.05, 0) is 61.2 Å². The molecule has 2 aromatic rings. The molecule has 0 saturated carbocycles.